The summed E-state index contributed by atoms with van der Waals surface area (Å²) in [7, 11) is 1.96. The first-order valence-electron chi connectivity index (χ1n) is 3.55. The van der Waals surface area contributed by atoms with Crippen LogP contribution in [0.5, 0.6) is 0 Å². The summed E-state index contributed by atoms with van der Waals surface area (Å²) in [6, 6.07) is 0. The van der Waals surface area contributed by atoms with Crippen molar-refractivity contribution in [2.75, 3.05) is 7.05 Å². The summed E-state index contributed by atoms with van der Waals surface area (Å²) in [4.78, 5) is 0. The van der Waals surface area contributed by atoms with E-state index in [1.165, 1.54) is 0 Å². The summed E-state index contributed by atoms with van der Waals surface area (Å²) >= 11 is 0. The molecule has 0 saturated carbocycles. The van der Waals surface area contributed by atoms with E-state index in [4.69, 9.17) is 0 Å². The van der Waals surface area contributed by atoms with Gasteiger partial charge in [0.15, 0.2) is 12.1 Å². The quantitative estimate of drug-likeness (QED) is 0.355. The predicted molar refractivity (Wildman–Crippen MR) is 44.6 cm³/mol. The van der Waals surface area contributed by atoms with E-state index in [9.17, 15) is 0 Å². The van der Waals surface area contributed by atoms with Crippen LogP contribution in [0.4, 0.5) is 0 Å². The maximum Gasteiger partial charge on any atom is 0.182 e. The Kier molecular flexibility index (Phi) is 1.26. The second-order valence-corrected chi connectivity index (χ2v) is 2.54. The van der Waals surface area contributed by atoms with Crippen LogP contribution in [-0.4, -0.2) is 17.5 Å². The van der Waals surface area contributed by atoms with Gasteiger partial charge in [0.25, 0.3) is 0 Å². The van der Waals surface area contributed by atoms with Crippen molar-refractivity contribution in [1.29, 1.82) is 0 Å². The highest BCUT2D eigenvalue weighted by molar-refractivity contribution is 5.70. The molecule has 0 amide bonds. The average Bonchev–Trinajstić information content (AvgIpc) is 2.04. The molecule has 0 fully saturated rings. The van der Waals surface area contributed by atoms with Crippen LogP contribution in [0.2, 0.25) is 0 Å². The van der Waals surface area contributed by atoms with Crippen molar-refractivity contribution in [3.8, 4) is 0 Å². The van der Waals surface area contributed by atoms with E-state index < -0.39 is 0 Å². The number of fused-ring (bicyclic) bond motifs is 1. The van der Waals surface area contributed by atoms with E-state index >= 15 is 0 Å². The van der Waals surface area contributed by atoms with Gasteiger partial charge in [0.2, 0.25) is 0 Å². The normalized spacial score (nSPS) is 18.8. The van der Waals surface area contributed by atoms with Crippen LogP contribution >= 0.6 is 0 Å². The fraction of sp³-hybridized carbons (Fsp3) is 0.100. The molecule has 1 nitrogen and oxygen atoms in total. The minimum atomic E-state index is 1.11. The maximum absolute atomic E-state index is 3.18. The van der Waals surface area contributed by atoms with Crippen molar-refractivity contribution in [3.63, 3.8) is 0 Å². The van der Waals surface area contributed by atoms with Gasteiger partial charge in [-0.2, -0.15) is 4.58 Å². The summed E-state index contributed by atoms with van der Waals surface area (Å²) in [5.41, 5.74) is 5.36. The highest BCUT2D eigenvalue weighted by Gasteiger charge is 2.07. The van der Waals surface area contributed by atoms with Crippen LogP contribution in [0.3, 0.4) is 0 Å². The Balaban J connectivity index is 2.72. The van der Waals surface area contributed by atoms with Gasteiger partial charge in [-0.25, -0.2) is 0 Å². The smallest absolute Gasteiger partial charge is 0.159 e. The largest absolute Gasteiger partial charge is 0.182 e. The van der Waals surface area contributed by atoms with Gasteiger partial charge in [-0.15, -0.1) is 5.73 Å². The minimum Gasteiger partial charge on any atom is -0.159 e. The third-order valence-electron chi connectivity index (χ3n) is 1.65. The predicted octanol–water partition coefficient (Wildman–Crippen LogP) is 1.40. The molecule has 2 rings (SSSR count). The molecule has 1 heterocycles. The zero-order chi connectivity index (χ0) is 7.68. The highest BCUT2D eigenvalue weighted by atomic mass is 14.9. The third kappa shape index (κ3) is 1.03. The van der Waals surface area contributed by atoms with Gasteiger partial charge in [0, 0.05) is 11.6 Å². The molecule has 0 radical (unpaired) electrons. The Morgan fingerprint density at radius 1 is 1.27 bits per heavy atom. The highest BCUT2D eigenvalue weighted by Crippen LogP contribution is 2.14. The lowest BCUT2D eigenvalue weighted by Crippen LogP contribution is -2.01. The Labute approximate surface area is 65.7 Å². The Morgan fingerprint density at radius 3 is 3.09 bits per heavy atom. The zero-order valence-electron chi connectivity index (χ0n) is 6.33. The van der Waals surface area contributed by atoms with Gasteiger partial charge in [-0.05, 0) is 12.2 Å². The molecule has 0 unspecified atom stereocenters. The second-order valence-electron chi connectivity index (χ2n) is 2.54. The number of hydrogen-bond donors (Lipinski definition) is 0. The van der Waals surface area contributed by atoms with Crippen LogP contribution in [0, 0.1) is 0 Å². The monoisotopic (exact) mass is 142 g/mol. The first-order chi connectivity index (χ1) is 5.36. The first kappa shape index (κ1) is 6.18. The molecule has 0 aromatic heterocycles. The number of hydrogen-bond acceptors (Lipinski definition) is 0. The van der Waals surface area contributed by atoms with Crippen LogP contribution in [0.15, 0.2) is 47.4 Å². The Hall–Kier alpha value is -1.55. The van der Waals surface area contributed by atoms with Crippen molar-refractivity contribution in [2.24, 2.45) is 0 Å². The van der Waals surface area contributed by atoms with Crippen molar-refractivity contribution in [1.82, 2.24) is 0 Å². The van der Waals surface area contributed by atoms with Gasteiger partial charge in [-0.3, -0.25) is 0 Å². The molecule has 0 atom stereocenters. The molecule has 0 bridgehead atoms. The van der Waals surface area contributed by atoms with E-state index in [1.807, 2.05) is 42.1 Å². The number of rotatable bonds is 0. The van der Waals surface area contributed by atoms with Gasteiger partial charge < -0.3 is 0 Å². The Morgan fingerprint density at radius 2 is 2.18 bits per heavy atom. The SMILES string of the molecule is C[N+]1=C=C2C=CC=C=C2C=C1. The molecule has 1 aliphatic carbocycles. The molecule has 0 aromatic carbocycles. The molecular formula is C10H8N+. The fourth-order valence-electron chi connectivity index (χ4n) is 1.10. The molecule has 11 heavy (non-hydrogen) atoms. The molecule has 1 heteroatoms. The molecule has 52 valence electrons. The van der Waals surface area contributed by atoms with Crippen LogP contribution in [-0.2, 0) is 0 Å². The van der Waals surface area contributed by atoms with Crippen molar-refractivity contribution >= 4 is 5.87 Å². The Bertz CT molecular complexity index is 379. The van der Waals surface area contributed by atoms with E-state index in [1.54, 1.807) is 0 Å². The zero-order valence-corrected chi connectivity index (χ0v) is 6.33. The summed E-state index contributed by atoms with van der Waals surface area (Å²) in [5.74, 6) is 3.18. The molecule has 0 aromatic rings. The van der Waals surface area contributed by atoms with Crippen LogP contribution in [0.1, 0.15) is 0 Å². The van der Waals surface area contributed by atoms with Crippen molar-refractivity contribution in [3.05, 3.63) is 47.4 Å². The molecular weight excluding hydrogens is 134 g/mol. The lowest BCUT2D eigenvalue weighted by atomic mass is 10.0. The molecule has 0 spiro atoms. The molecule has 0 saturated heterocycles. The molecule has 2 aliphatic rings. The van der Waals surface area contributed by atoms with E-state index in [2.05, 4.69) is 11.6 Å². The summed E-state index contributed by atoms with van der Waals surface area (Å²) in [5, 5.41) is 0. The maximum atomic E-state index is 3.18. The summed E-state index contributed by atoms with van der Waals surface area (Å²) < 4.78 is 1.91. The fourth-order valence-corrected chi connectivity index (χ4v) is 1.10. The van der Waals surface area contributed by atoms with Crippen molar-refractivity contribution in [2.45, 2.75) is 0 Å². The van der Waals surface area contributed by atoms with Gasteiger partial charge >= 0.3 is 0 Å². The summed E-state index contributed by atoms with van der Waals surface area (Å²) in [6.45, 7) is 0. The summed E-state index contributed by atoms with van der Waals surface area (Å²) in [6.07, 6.45) is 9.92. The number of allylic oxidation sites excluding steroid dienone is 5. The van der Waals surface area contributed by atoms with Gasteiger partial charge in [0.05, 0.1) is 5.57 Å². The van der Waals surface area contributed by atoms with Crippen LogP contribution in [0.25, 0.3) is 0 Å². The van der Waals surface area contributed by atoms with E-state index in [-0.39, 0.29) is 0 Å². The van der Waals surface area contributed by atoms with E-state index in [0.717, 1.165) is 11.1 Å². The third-order valence-corrected chi connectivity index (χ3v) is 1.65. The molecule has 0 N–H and O–H groups in total. The van der Waals surface area contributed by atoms with Gasteiger partial charge in [-0.1, -0.05) is 6.08 Å². The standard InChI is InChI=1S/C10H8N/c1-11-7-6-9-4-2-3-5-10(9)8-11/h2-3,5-7H,1H3/q+1. The van der Waals surface area contributed by atoms with Crippen LogP contribution < -0.4 is 0 Å². The average molecular weight is 142 g/mol. The lowest BCUT2D eigenvalue weighted by Gasteiger charge is -1.99. The minimum absolute atomic E-state index is 1.11. The lowest BCUT2D eigenvalue weighted by molar-refractivity contribution is -0.414. The first-order valence-corrected chi connectivity index (χ1v) is 3.55. The van der Waals surface area contributed by atoms with Gasteiger partial charge in [0.1, 0.15) is 7.05 Å². The number of nitrogens with zero attached hydrogens (tertiary/aromatic N) is 1. The van der Waals surface area contributed by atoms with E-state index in [0.29, 0.717) is 0 Å². The van der Waals surface area contributed by atoms with Crippen molar-refractivity contribution < 1.29 is 4.58 Å². The topological polar surface area (TPSA) is 3.01 Å². The second kappa shape index (κ2) is 2.25. The molecule has 1 aliphatic heterocycles.